The Kier molecular flexibility index (Phi) is 6.83. The SMILES string of the molecule is c1ccc(-c2nc(-c3ccccc3)nc(-c3ccc4c(c3)oc3cc(-n5c6ccccc6c6cc7c(cc65)oc5ccccc57)cc(-c5ccccc5)c34)n2)cc1. The number of fused-ring (bicyclic) bond motifs is 9. The minimum atomic E-state index is 0.580. The van der Waals surface area contributed by atoms with Crippen LogP contribution < -0.4 is 0 Å². The molecule has 0 saturated heterocycles. The Morgan fingerprint density at radius 2 is 0.912 bits per heavy atom. The van der Waals surface area contributed by atoms with Gasteiger partial charge in [0.25, 0.3) is 0 Å². The lowest BCUT2D eigenvalue weighted by atomic mass is 9.98. The van der Waals surface area contributed by atoms with Crippen molar-refractivity contribution in [2.75, 3.05) is 0 Å². The van der Waals surface area contributed by atoms with Crippen LogP contribution in [0.15, 0.2) is 191 Å². The number of nitrogens with zero attached hydrogens (tertiary/aromatic N) is 4. The zero-order chi connectivity index (χ0) is 37.5. The van der Waals surface area contributed by atoms with Gasteiger partial charge in [0.05, 0.1) is 16.7 Å². The van der Waals surface area contributed by atoms with Crippen LogP contribution in [0.1, 0.15) is 0 Å². The lowest BCUT2D eigenvalue weighted by Crippen LogP contribution is -2.00. The first-order valence-corrected chi connectivity index (χ1v) is 19.0. The first kappa shape index (κ1) is 31.5. The molecule has 0 unspecified atom stereocenters. The van der Waals surface area contributed by atoms with Gasteiger partial charge in [0, 0.05) is 61.1 Å². The molecule has 0 aliphatic heterocycles. The predicted molar refractivity (Wildman–Crippen MR) is 230 cm³/mol. The molecule has 266 valence electrons. The molecule has 0 N–H and O–H groups in total. The average Bonchev–Trinajstić information content (AvgIpc) is 3.94. The Labute approximate surface area is 325 Å². The van der Waals surface area contributed by atoms with Gasteiger partial charge in [0.2, 0.25) is 0 Å². The lowest BCUT2D eigenvalue weighted by molar-refractivity contribution is 0.669. The lowest BCUT2D eigenvalue weighted by Gasteiger charge is -2.12. The van der Waals surface area contributed by atoms with Crippen LogP contribution in [-0.2, 0) is 0 Å². The van der Waals surface area contributed by atoms with E-state index in [2.05, 4.69) is 114 Å². The van der Waals surface area contributed by atoms with Gasteiger partial charge >= 0.3 is 0 Å². The zero-order valence-corrected chi connectivity index (χ0v) is 30.4. The summed E-state index contributed by atoms with van der Waals surface area (Å²) in [6.45, 7) is 0. The topological polar surface area (TPSA) is 69.9 Å². The molecule has 0 atom stereocenters. The number of para-hydroxylation sites is 2. The maximum Gasteiger partial charge on any atom is 0.164 e. The summed E-state index contributed by atoms with van der Waals surface area (Å²) in [4.78, 5) is 14.9. The van der Waals surface area contributed by atoms with Crippen molar-refractivity contribution in [3.63, 3.8) is 0 Å². The highest BCUT2D eigenvalue weighted by Crippen LogP contribution is 2.43. The number of hydrogen-bond donors (Lipinski definition) is 0. The molecule has 0 aliphatic carbocycles. The van der Waals surface area contributed by atoms with E-state index in [1.807, 2.05) is 72.8 Å². The largest absolute Gasteiger partial charge is 0.456 e. The molecular formula is C51H30N4O2. The Hall–Kier alpha value is -7.83. The van der Waals surface area contributed by atoms with Crippen LogP contribution in [0.3, 0.4) is 0 Å². The van der Waals surface area contributed by atoms with E-state index in [4.69, 9.17) is 23.8 Å². The summed E-state index contributed by atoms with van der Waals surface area (Å²) in [6, 6.07) is 62.7. The molecule has 6 heteroatoms. The van der Waals surface area contributed by atoms with Crippen LogP contribution in [0.5, 0.6) is 0 Å². The van der Waals surface area contributed by atoms with Crippen molar-refractivity contribution >= 4 is 65.7 Å². The van der Waals surface area contributed by atoms with E-state index in [1.54, 1.807) is 0 Å². The van der Waals surface area contributed by atoms with Crippen LogP contribution in [0.25, 0.3) is 117 Å². The van der Waals surface area contributed by atoms with Crippen molar-refractivity contribution in [2.45, 2.75) is 0 Å². The molecule has 0 amide bonds. The van der Waals surface area contributed by atoms with Gasteiger partial charge in [-0.05, 0) is 47.5 Å². The molecule has 12 rings (SSSR count). The van der Waals surface area contributed by atoms with Gasteiger partial charge in [-0.2, -0.15) is 0 Å². The van der Waals surface area contributed by atoms with Gasteiger partial charge in [0.1, 0.15) is 22.3 Å². The Morgan fingerprint density at radius 1 is 0.333 bits per heavy atom. The van der Waals surface area contributed by atoms with Crippen molar-refractivity contribution in [1.29, 1.82) is 0 Å². The second kappa shape index (κ2) is 12.3. The second-order valence-electron chi connectivity index (χ2n) is 14.4. The van der Waals surface area contributed by atoms with Gasteiger partial charge in [-0.15, -0.1) is 0 Å². The van der Waals surface area contributed by atoms with Gasteiger partial charge in [-0.1, -0.05) is 133 Å². The molecule has 6 nitrogen and oxygen atoms in total. The molecule has 4 heterocycles. The van der Waals surface area contributed by atoms with Crippen LogP contribution in [-0.4, -0.2) is 19.5 Å². The molecular weight excluding hydrogens is 701 g/mol. The van der Waals surface area contributed by atoms with Crippen LogP contribution >= 0.6 is 0 Å². The highest BCUT2D eigenvalue weighted by molar-refractivity contribution is 6.18. The fourth-order valence-corrected chi connectivity index (χ4v) is 8.41. The Morgan fingerprint density at radius 3 is 1.63 bits per heavy atom. The molecule has 0 spiro atoms. The molecule has 0 fully saturated rings. The van der Waals surface area contributed by atoms with E-state index in [-0.39, 0.29) is 0 Å². The molecule has 0 bridgehead atoms. The zero-order valence-electron chi connectivity index (χ0n) is 30.4. The van der Waals surface area contributed by atoms with Crippen molar-refractivity contribution in [1.82, 2.24) is 19.5 Å². The fraction of sp³-hybridized carbons (Fsp3) is 0. The Balaban J connectivity index is 1.09. The average molecular weight is 731 g/mol. The quantitative estimate of drug-likeness (QED) is 0.176. The summed E-state index contributed by atoms with van der Waals surface area (Å²) in [5.74, 6) is 1.81. The molecule has 0 saturated carbocycles. The van der Waals surface area contributed by atoms with E-state index in [1.165, 1.54) is 10.8 Å². The molecule has 4 aromatic heterocycles. The van der Waals surface area contributed by atoms with Crippen molar-refractivity contribution in [2.24, 2.45) is 0 Å². The first-order chi connectivity index (χ1) is 28.2. The van der Waals surface area contributed by atoms with Crippen molar-refractivity contribution in [3.05, 3.63) is 182 Å². The van der Waals surface area contributed by atoms with E-state index >= 15 is 0 Å². The van der Waals surface area contributed by atoms with E-state index in [9.17, 15) is 0 Å². The summed E-state index contributed by atoms with van der Waals surface area (Å²) >= 11 is 0. The van der Waals surface area contributed by atoms with E-state index in [0.29, 0.717) is 17.5 Å². The number of aromatic nitrogens is 4. The molecule has 57 heavy (non-hydrogen) atoms. The predicted octanol–water partition coefficient (Wildman–Crippen LogP) is 13.4. The standard InChI is InChI=1S/C51H30N4O2/c1-4-14-31(15-5-1)39-27-35(55-42-22-12-10-20-36(42)40-29-41-37-21-11-13-23-44(37)56-46(41)30-43(40)55)28-47-48(39)38-25-24-34(26-45(38)57-47)51-53-49(32-16-6-2-7-17-32)52-50(54-51)33-18-8-3-9-19-33/h1-30H. The van der Waals surface area contributed by atoms with Gasteiger partial charge < -0.3 is 13.4 Å². The van der Waals surface area contributed by atoms with E-state index < -0.39 is 0 Å². The van der Waals surface area contributed by atoms with Gasteiger partial charge in [0.15, 0.2) is 17.5 Å². The van der Waals surface area contributed by atoms with Crippen molar-refractivity contribution in [3.8, 4) is 51.0 Å². The summed E-state index contributed by atoms with van der Waals surface area (Å²) in [7, 11) is 0. The monoisotopic (exact) mass is 730 g/mol. The summed E-state index contributed by atoms with van der Waals surface area (Å²) in [6.07, 6.45) is 0. The summed E-state index contributed by atoms with van der Waals surface area (Å²) in [5, 5.41) is 6.65. The molecule has 12 aromatic rings. The van der Waals surface area contributed by atoms with Crippen LogP contribution in [0.2, 0.25) is 0 Å². The normalized spacial score (nSPS) is 11.9. The van der Waals surface area contributed by atoms with Crippen LogP contribution in [0.4, 0.5) is 0 Å². The minimum Gasteiger partial charge on any atom is -0.456 e. The molecule has 0 aliphatic rings. The summed E-state index contributed by atoms with van der Waals surface area (Å²) < 4.78 is 15.6. The fourth-order valence-electron chi connectivity index (χ4n) is 8.41. The van der Waals surface area contributed by atoms with Crippen molar-refractivity contribution < 1.29 is 8.83 Å². The summed E-state index contributed by atoms with van der Waals surface area (Å²) in [5.41, 5.74) is 11.4. The van der Waals surface area contributed by atoms with Crippen LogP contribution in [0, 0.1) is 0 Å². The Bertz CT molecular complexity index is 3450. The molecule has 0 radical (unpaired) electrons. The smallest absolute Gasteiger partial charge is 0.164 e. The highest BCUT2D eigenvalue weighted by Gasteiger charge is 2.21. The first-order valence-electron chi connectivity index (χ1n) is 19.0. The third kappa shape index (κ3) is 5.01. The maximum atomic E-state index is 6.88. The third-order valence-corrected chi connectivity index (χ3v) is 11.0. The number of hydrogen-bond acceptors (Lipinski definition) is 5. The number of rotatable bonds is 5. The minimum absolute atomic E-state index is 0.580. The second-order valence-corrected chi connectivity index (χ2v) is 14.4. The highest BCUT2D eigenvalue weighted by atomic mass is 16.3. The molecule has 8 aromatic carbocycles. The van der Waals surface area contributed by atoms with E-state index in [0.717, 1.165) is 88.4 Å². The number of furan rings is 2. The van der Waals surface area contributed by atoms with Gasteiger partial charge in [-0.3, -0.25) is 0 Å². The third-order valence-electron chi connectivity index (χ3n) is 11.0. The van der Waals surface area contributed by atoms with Gasteiger partial charge in [-0.25, -0.2) is 15.0 Å². The maximum absolute atomic E-state index is 6.88. The number of benzene rings is 8.